The Morgan fingerprint density at radius 1 is 1.39 bits per heavy atom. The molecule has 1 fully saturated rings. The second-order valence-corrected chi connectivity index (χ2v) is 4.90. The number of halogens is 1. The lowest BCUT2D eigenvalue weighted by molar-refractivity contribution is 0.201. The Balaban J connectivity index is 0.00000162. The van der Waals surface area contributed by atoms with Crippen molar-refractivity contribution in [1.29, 1.82) is 0 Å². The van der Waals surface area contributed by atoms with Gasteiger partial charge >= 0.3 is 0 Å². The number of hydrogen-bond donors (Lipinski definition) is 1. The van der Waals surface area contributed by atoms with Crippen LogP contribution in [0.15, 0.2) is 18.3 Å². The predicted octanol–water partition coefficient (Wildman–Crippen LogP) is 3.10. The summed E-state index contributed by atoms with van der Waals surface area (Å²) in [7, 11) is 0. The zero-order valence-electron chi connectivity index (χ0n) is 11.0. The maximum Gasteiger partial charge on any atom is 0.213 e. The zero-order chi connectivity index (χ0) is 12.1. The summed E-state index contributed by atoms with van der Waals surface area (Å²) >= 11 is 0. The van der Waals surface area contributed by atoms with Crippen molar-refractivity contribution in [1.82, 2.24) is 4.98 Å². The standard InChI is InChI=1S/C14H22N2O.ClH/c1-2-12(15)9-11-7-8-14(16-10-11)17-13-5-3-4-6-13;/h7-8,10,12-13H,2-6,9,15H2,1H3;1H. The van der Waals surface area contributed by atoms with E-state index in [0.29, 0.717) is 6.10 Å². The molecule has 0 aliphatic heterocycles. The van der Waals surface area contributed by atoms with Crippen LogP contribution >= 0.6 is 12.4 Å². The number of aromatic nitrogens is 1. The maximum atomic E-state index is 5.92. The van der Waals surface area contributed by atoms with Crippen LogP contribution in [0.25, 0.3) is 0 Å². The molecule has 1 saturated carbocycles. The Bertz CT molecular complexity index is 336. The second kappa shape index (κ2) is 7.59. The molecule has 0 bridgehead atoms. The SMILES string of the molecule is CCC(N)Cc1ccc(OC2CCCC2)nc1.Cl. The molecular weight excluding hydrogens is 248 g/mol. The van der Waals surface area contributed by atoms with Gasteiger partial charge in [0.15, 0.2) is 0 Å². The minimum absolute atomic E-state index is 0. The number of pyridine rings is 1. The highest BCUT2D eigenvalue weighted by molar-refractivity contribution is 5.85. The van der Waals surface area contributed by atoms with E-state index in [9.17, 15) is 0 Å². The van der Waals surface area contributed by atoms with Crippen LogP contribution in [0.1, 0.15) is 44.6 Å². The first-order chi connectivity index (χ1) is 8.28. The number of hydrogen-bond acceptors (Lipinski definition) is 3. The third-order valence-electron chi connectivity index (χ3n) is 3.41. The minimum Gasteiger partial charge on any atom is -0.474 e. The summed E-state index contributed by atoms with van der Waals surface area (Å²) in [6.07, 6.45) is 9.08. The monoisotopic (exact) mass is 270 g/mol. The van der Waals surface area contributed by atoms with Gasteiger partial charge in [-0.1, -0.05) is 13.0 Å². The minimum atomic E-state index is 0. The molecule has 1 heterocycles. The number of rotatable bonds is 5. The largest absolute Gasteiger partial charge is 0.474 e. The van der Waals surface area contributed by atoms with Crippen molar-refractivity contribution in [3.63, 3.8) is 0 Å². The van der Waals surface area contributed by atoms with E-state index in [1.807, 2.05) is 12.3 Å². The van der Waals surface area contributed by atoms with E-state index in [1.165, 1.54) is 31.2 Å². The summed E-state index contributed by atoms with van der Waals surface area (Å²) in [6, 6.07) is 4.28. The Hall–Kier alpha value is -0.800. The first-order valence-electron chi connectivity index (χ1n) is 6.65. The fraction of sp³-hybridized carbons (Fsp3) is 0.643. The fourth-order valence-electron chi connectivity index (χ4n) is 2.23. The highest BCUT2D eigenvalue weighted by Crippen LogP contribution is 2.22. The molecule has 2 rings (SSSR count). The van der Waals surface area contributed by atoms with Gasteiger partial charge in [-0.05, 0) is 44.1 Å². The average Bonchev–Trinajstić information content (AvgIpc) is 2.84. The van der Waals surface area contributed by atoms with E-state index in [0.717, 1.165) is 18.7 Å². The van der Waals surface area contributed by atoms with Gasteiger partial charge in [-0.25, -0.2) is 4.98 Å². The molecule has 1 aromatic heterocycles. The maximum absolute atomic E-state index is 5.92. The molecule has 0 saturated heterocycles. The van der Waals surface area contributed by atoms with E-state index in [-0.39, 0.29) is 18.4 Å². The van der Waals surface area contributed by atoms with Gasteiger partial charge in [0.25, 0.3) is 0 Å². The number of nitrogens with two attached hydrogens (primary N) is 1. The summed E-state index contributed by atoms with van der Waals surface area (Å²) in [5.41, 5.74) is 7.11. The third-order valence-corrected chi connectivity index (χ3v) is 3.41. The molecule has 1 atom stereocenters. The number of nitrogens with zero attached hydrogens (tertiary/aromatic N) is 1. The zero-order valence-corrected chi connectivity index (χ0v) is 11.8. The molecule has 1 unspecified atom stereocenters. The van der Waals surface area contributed by atoms with Crippen LogP contribution in [-0.2, 0) is 6.42 Å². The van der Waals surface area contributed by atoms with Crippen molar-refractivity contribution in [3.05, 3.63) is 23.9 Å². The Morgan fingerprint density at radius 3 is 2.67 bits per heavy atom. The van der Waals surface area contributed by atoms with E-state index >= 15 is 0 Å². The molecule has 1 aromatic rings. The first kappa shape index (κ1) is 15.3. The van der Waals surface area contributed by atoms with Crippen LogP contribution in [-0.4, -0.2) is 17.1 Å². The van der Waals surface area contributed by atoms with Gasteiger partial charge in [0.05, 0.1) is 0 Å². The molecule has 1 aliphatic carbocycles. The lowest BCUT2D eigenvalue weighted by atomic mass is 10.1. The van der Waals surface area contributed by atoms with E-state index in [4.69, 9.17) is 10.5 Å². The molecule has 0 spiro atoms. The van der Waals surface area contributed by atoms with Crippen molar-refractivity contribution in [2.75, 3.05) is 0 Å². The van der Waals surface area contributed by atoms with Crippen LogP contribution < -0.4 is 10.5 Å². The van der Waals surface area contributed by atoms with Crippen molar-refractivity contribution in [2.24, 2.45) is 5.73 Å². The molecule has 4 heteroatoms. The van der Waals surface area contributed by atoms with Crippen LogP contribution in [0.4, 0.5) is 0 Å². The molecule has 18 heavy (non-hydrogen) atoms. The lowest BCUT2D eigenvalue weighted by Gasteiger charge is -2.13. The van der Waals surface area contributed by atoms with Gasteiger partial charge in [0.1, 0.15) is 6.10 Å². The third kappa shape index (κ3) is 4.46. The summed E-state index contributed by atoms with van der Waals surface area (Å²) < 4.78 is 5.82. The van der Waals surface area contributed by atoms with Crippen LogP contribution in [0.5, 0.6) is 5.88 Å². The Morgan fingerprint density at radius 2 is 2.11 bits per heavy atom. The quantitative estimate of drug-likeness (QED) is 0.894. The smallest absolute Gasteiger partial charge is 0.213 e. The molecule has 3 nitrogen and oxygen atoms in total. The first-order valence-corrected chi connectivity index (χ1v) is 6.65. The summed E-state index contributed by atoms with van der Waals surface area (Å²) in [4.78, 5) is 4.35. The van der Waals surface area contributed by atoms with E-state index in [1.54, 1.807) is 0 Å². The topological polar surface area (TPSA) is 48.1 Å². The molecule has 0 radical (unpaired) electrons. The molecule has 0 amide bonds. The average molecular weight is 271 g/mol. The lowest BCUT2D eigenvalue weighted by Crippen LogP contribution is -2.21. The summed E-state index contributed by atoms with van der Waals surface area (Å²) in [5.74, 6) is 0.755. The van der Waals surface area contributed by atoms with Gasteiger partial charge in [-0.3, -0.25) is 0 Å². The molecule has 2 N–H and O–H groups in total. The summed E-state index contributed by atoms with van der Waals surface area (Å²) in [5, 5.41) is 0. The Labute approximate surface area is 116 Å². The second-order valence-electron chi connectivity index (χ2n) is 4.90. The molecular formula is C14H23ClN2O. The van der Waals surface area contributed by atoms with Crippen molar-refractivity contribution < 1.29 is 4.74 Å². The van der Waals surface area contributed by atoms with Gasteiger partial charge in [-0.2, -0.15) is 0 Å². The van der Waals surface area contributed by atoms with Crippen LogP contribution in [0.3, 0.4) is 0 Å². The predicted molar refractivity (Wildman–Crippen MR) is 76.3 cm³/mol. The van der Waals surface area contributed by atoms with E-state index < -0.39 is 0 Å². The normalized spacial score (nSPS) is 17.2. The van der Waals surface area contributed by atoms with Crippen molar-refractivity contribution in [3.8, 4) is 5.88 Å². The van der Waals surface area contributed by atoms with Crippen molar-refractivity contribution >= 4 is 12.4 Å². The fourth-order valence-corrected chi connectivity index (χ4v) is 2.23. The molecule has 1 aliphatic rings. The number of ether oxygens (including phenoxy) is 1. The highest BCUT2D eigenvalue weighted by Gasteiger charge is 2.16. The highest BCUT2D eigenvalue weighted by atomic mass is 35.5. The molecule has 0 aromatic carbocycles. The van der Waals surface area contributed by atoms with Gasteiger partial charge in [-0.15, -0.1) is 12.4 Å². The van der Waals surface area contributed by atoms with Crippen LogP contribution in [0.2, 0.25) is 0 Å². The van der Waals surface area contributed by atoms with Gasteiger partial charge in [0.2, 0.25) is 5.88 Å². The van der Waals surface area contributed by atoms with Gasteiger partial charge in [0, 0.05) is 18.3 Å². The Kier molecular flexibility index (Phi) is 6.44. The van der Waals surface area contributed by atoms with Crippen LogP contribution in [0, 0.1) is 0 Å². The van der Waals surface area contributed by atoms with Crippen molar-refractivity contribution in [2.45, 2.75) is 57.6 Å². The summed E-state index contributed by atoms with van der Waals surface area (Å²) in [6.45, 7) is 2.11. The molecule has 102 valence electrons. The van der Waals surface area contributed by atoms with E-state index in [2.05, 4.69) is 18.0 Å². The van der Waals surface area contributed by atoms with Gasteiger partial charge < -0.3 is 10.5 Å².